The molecule has 0 aliphatic carbocycles. The second-order valence-corrected chi connectivity index (χ2v) is 5.80. The molecule has 0 bridgehead atoms. The number of rotatable bonds is 5. The molecular weight excluding hydrogens is 329 g/mol. The van der Waals surface area contributed by atoms with Crippen LogP contribution < -0.4 is 10.1 Å². The second kappa shape index (κ2) is 7.26. The average Bonchev–Trinajstić information content (AvgIpc) is 2.45. The Labute approximate surface area is 140 Å². The van der Waals surface area contributed by atoms with E-state index < -0.39 is 0 Å². The van der Waals surface area contributed by atoms with Gasteiger partial charge in [0.1, 0.15) is 5.75 Å². The number of hydrogen-bond donors (Lipinski definition) is 1. The predicted octanol–water partition coefficient (Wildman–Crippen LogP) is 6.22. The highest BCUT2D eigenvalue weighted by Gasteiger charge is 2.14. The third-order valence-corrected chi connectivity index (χ3v) is 4.13. The van der Waals surface area contributed by atoms with E-state index in [4.69, 9.17) is 39.5 Å². The minimum absolute atomic E-state index is 0.0335. The summed E-state index contributed by atoms with van der Waals surface area (Å²) in [6.07, 6.45) is 0. The maximum absolute atomic E-state index is 6.26. The van der Waals surface area contributed by atoms with Crippen LogP contribution in [0.1, 0.15) is 25.5 Å². The largest absolute Gasteiger partial charge is 0.492 e. The summed E-state index contributed by atoms with van der Waals surface area (Å²) in [4.78, 5) is 0. The van der Waals surface area contributed by atoms with Crippen molar-refractivity contribution in [3.63, 3.8) is 0 Å². The molecule has 0 radical (unpaired) electrons. The lowest BCUT2D eigenvalue weighted by Crippen LogP contribution is -2.09. The van der Waals surface area contributed by atoms with Crippen molar-refractivity contribution >= 4 is 40.5 Å². The first-order valence-electron chi connectivity index (χ1n) is 6.65. The van der Waals surface area contributed by atoms with Crippen LogP contribution in [0.4, 0.5) is 5.69 Å². The first-order chi connectivity index (χ1) is 10.0. The van der Waals surface area contributed by atoms with Gasteiger partial charge in [-0.2, -0.15) is 0 Å². The Balaban J connectivity index is 2.28. The van der Waals surface area contributed by atoms with Gasteiger partial charge in [-0.15, -0.1) is 0 Å². The van der Waals surface area contributed by atoms with Crippen molar-refractivity contribution in [2.24, 2.45) is 0 Å². The van der Waals surface area contributed by atoms with Gasteiger partial charge in [-0.3, -0.25) is 0 Å². The van der Waals surface area contributed by atoms with Crippen molar-refractivity contribution in [2.75, 3.05) is 11.9 Å². The summed E-state index contributed by atoms with van der Waals surface area (Å²) in [5.41, 5.74) is 1.75. The molecule has 0 aliphatic heterocycles. The molecule has 0 aliphatic rings. The molecule has 1 unspecified atom stereocenters. The summed E-state index contributed by atoms with van der Waals surface area (Å²) in [7, 11) is 0. The van der Waals surface area contributed by atoms with Crippen molar-refractivity contribution in [3.8, 4) is 5.75 Å². The van der Waals surface area contributed by atoms with E-state index >= 15 is 0 Å². The van der Waals surface area contributed by atoms with Crippen LogP contribution in [0, 0.1) is 0 Å². The summed E-state index contributed by atoms with van der Waals surface area (Å²) in [5.74, 6) is 0.756. The van der Waals surface area contributed by atoms with Gasteiger partial charge >= 0.3 is 0 Å². The second-order valence-electron chi connectivity index (χ2n) is 4.58. The van der Waals surface area contributed by atoms with Crippen LogP contribution in [0.2, 0.25) is 15.1 Å². The molecule has 5 heteroatoms. The summed E-state index contributed by atoms with van der Waals surface area (Å²) in [6, 6.07) is 11.0. The summed E-state index contributed by atoms with van der Waals surface area (Å²) >= 11 is 18.4. The first-order valence-corrected chi connectivity index (χ1v) is 7.79. The van der Waals surface area contributed by atoms with Gasteiger partial charge in [-0.1, -0.05) is 46.9 Å². The topological polar surface area (TPSA) is 21.3 Å². The van der Waals surface area contributed by atoms with E-state index in [1.165, 1.54) is 0 Å². The van der Waals surface area contributed by atoms with Gasteiger partial charge in [0.15, 0.2) is 0 Å². The number of halogens is 3. The van der Waals surface area contributed by atoms with Gasteiger partial charge in [0.2, 0.25) is 0 Å². The van der Waals surface area contributed by atoms with E-state index in [1.54, 1.807) is 12.1 Å². The Bertz CT molecular complexity index is 631. The van der Waals surface area contributed by atoms with Crippen molar-refractivity contribution < 1.29 is 4.74 Å². The maximum atomic E-state index is 6.26. The quantitative estimate of drug-likeness (QED) is 0.695. The SMILES string of the molecule is CCOc1ccc(Cl)cc1NC(C)c1cccc(Cl)c1Cl. The number of nitrogens with one attached hydrogen (secondary N) is 1. The zero-order valence-electron chi connectivity index (χ0n) is 11.8. The molecule has 0 amide bonds. The van der Waals surface area contributed by atoms with Crippen molar-refractivity contribution in [2.45, 2.75) is 19.9 Å². The minimum Gasteiger partial charge on any atom is -0.492 e. The van der Waals surface area contributed by atoms with Crippen LogP contribution in [0.3, 0.4) is 0 Å². The van der Waals surface area contributed by atoms with Crippen LogP contribution in [-0.4, -0.2) is 6.61 Å². The lowest BCUT2D eigenvalue weighted by atomic mass is 10.1. The van der Waals surface area contributed by atoms with E-state index in [1.807, 2.05) is 38.1 Å². The van der Waals surface area contributed by atoms with Crippen LogP contribution in [-0.2, 0) is 0 Å². The molecule has 2 aromatic carbocycles. The molecule has 1 N–H and O–H groups in total. The van der Waals surface area contributed by atoms with E-state index in [9.17, 15) is 0 Å². The highest BCUT2D eigenvalue weighted by Crippen LogP contribution is 2.35. The molecular formula is C16H16Cl3NO. The third kappa shape index (κ3) is 3.97. The summed E-state index contributed by atoms with van der Waals surface area (Å²) < 4.78 is 5.60. The Morgan fingerprint density at radius 3 is 2.62 bits per heavy atom. The van der Waals surface area contributed by atoms with Gasteiger partial charge in [0, 0.05) is 5.02 Å². The van der Waals surface area contributed by atoms with Gasteiger partial charge in [0.25, 0.3) is 0 Å². The normalized spacial score (nSPS) is 12.0. The van der Waals surface area contributed by atoms with Gasteiger partial charge in [0.05, 0.1) is 28.4 Å². The molecule has 0 fully saturated rings. The van der Waals surface area contributed by atoms with E-state index in [0.29, 0.717) is 21.7 Å². The van der Waals surface area contributed by atoms with Gasteiger partial charge in [-0.25, -0.2) is 0 Å². The van der Waals surface area contributed by atoms with Crippen LogP contribution in [0.25, 0.3) is 0 Å². The molecule has 0 spiro atoms. The van der Waals surface area contributed by atoms with E-state index in [-0.39, 0.29) is 6.04 Å². The average molecular weight is 345 g/mol. The molecule has 2 aromatic rings. The number of hydrogen-bond acceptors (Lipinski definition) is 2. The molecule has 1 atom stereocenters. The van der Waals surface area contributed by atoms with Crippen molar-refractivity contribution in [1.29, 1.82) is 0 Å². The highest BCUT2D eigenvalue weighted by atomic mass is 35.5. The smallest absolute Gasteiger partial charge is 0.142 e. The van der Waals surface area contributed by atoms with Gasteiger partial charge in [-0.05, 0) is 43.7 Å². The zero-order chi connectivity index (χ0) is 15.4. The fourth-order valence-corrected chi connectivity index (χ4v) is 2.71. The Morgan fingerprint density at radius 2 is 1.90 bits per heavy atom. The summed E-state index contributed by atoms with van der Waals surface area (Å²) in [5, 5.41) is 5.11. The van der Waals surface area contributed by atoms with E-state index in [0.717, 1.165) is 17.0 Å². The predicted molar refractivity (Wildman–Crippen MR) is 91.1 cm³/mol. The third-order valence-electron chi connectivity index (χ3n) is 3.06. The molecule has 2 rings (SSSR count). The number of ether oxygens (including phenoxy) is 1. The Hall–Kier alpha value is -1.09. The van der Waals surface area contributed by atoms with Crippen molar-refractivity contribution in [3.05, 3.63) is 57.0 Å². The molecule has 2 nitrogen and oxygen atoms in total. The maximum Gasteiger partial charge on any atom is 0.142 e. The van der Waals surface area contributed by atoms with Crippen LogP contribution >= 0.6 is 34.8 Å². The molecule has 112 valence electrons. The Morgan fingerprint density at radius 1 is 1.14 bits per heavy atom. The molecule has 0 saturated carbocycles. The first kappa shape index (κ1) is 16.3. The zero-order valence-corrected chi connectivity index (χ0v) is 14.1. The van der Waals surface area contributed by atoms with Gasteiger partial charge < -0.3 is 10.1 Å². The monoisotopic (exact) mass is 343 g/mol. The Kier molecular flexibility index (Phi) is 5.63. The molecule has 0 heterocycles. The lowest BCUT2D eigenvalue weighted by molar-refractivity contribution is 0.341. The number of anilines is 1. The van der Waals surface area contributed by atoms with Crippen molar-refractivity contribution in [1.82, 2.24) is 0 Å². The molecule has 0 saturated heterocycles. The van der Waals surface area contributed by atoms with Crippen LogP contribution in [0.5, 0.6) is 5.75 Å². The fourth-order valence-electron chi connectivity index (χ4n) is 2.06. The standard InChI is InChI=1S/C16H16Cl3NO/c1-3-21-15-8-7-11(17)9-14(15)20-10(2)12-5-4-6-13(18)16(12)19/h4-10,20H,3H2,1-2H3. The van der Waals surface area contributed by atoms with E-state index in [2.05, 4.69) is 5.32 Å². The fraction of sp³-hybridized carbons (Fsp3) is 0.250. The number of benzene rings is 2. The lowest BCUT2D eigenvalue weighted by Gasteiger charge is -2.20. The van der Waals surface area contributed by atoms with Crippen LogP contribution in [0.15, 0.2) is 36.4 Å². The minimum atomic E-state index is -0.0335. The highest BCUT2D eigenvalue weighted by molar-refractivity contribution is 6.42. The summed E-state index contributed by atoms with van der Waals surface area (Å²) in [6.45, 7) is 4.53. The molecule has 21 heavy (non-hydrogen) atoms. The molecule has 0 aromatic heterocycles.